The summed E-state index contributed by atoms with van der Waals surface area (Å²) in [5.74, 6) is -0.0765. The summed E-state index contributed by atoms with van der Waals surface area (Å²) in [6.45, 7) is 4.43. The van der Waals surface area contributed by atoms with Crippen LogP contribution < -0.4 is 0 Å². The van der Waals surface area contributed by atoms with E-state index in [1.165, 1.54) is 28.1 Å². The molecule has 28 heavy (non-hydrogen) atoms. The van der Waals surface area contributed by atoms with Gasteiger partial charge in [-0.3, -0.25) is 9.69 Å². The van der Waals surface area contributed by atoms with Gasteiger partial charge in [0.2, 0.25) is 10.0 Å². The van der Waals surface area contributed by atoms with E-state index in [9.17, 15) is 13.2 Å². The number of piperazine rings is 1. The fourth-order valence-corrected chi connectivity index (χ4v) is 5.75. The molecule has 0 atom stereocenters. The van der Waals surface area contributed by atoms with Crippen molar-refractivity contribution in [2.75, 3.05) is 26.2 Å². The minimum Gasteiger partial charge on any atom is -0.295 e. The standard InChI is InChI=1S/C20H21N3O3S2/c1-15(24)16-6-8-17(9-7-16)28(25,26)23-12-10-22(11-13-23)14-20-21-18-4-2-3-5-19(18)27-20/h2-9H,10-14H2,1H3. The van der Waals surface area contributed by atoms with E-state index < -0.39 is 10.0 Å². The number of nitrogens with zero attached hydrogens (tertiary/aromatic N) is 3. The number of carbonyl (C=O) groups excluding carboxylic acids is 1. The first kappa shape index (κ1) is 19.2. The predicted molar refractivity (Wildman–Crippen MR) is 110 cm³/mol. The SMILES string of the molecule is CC(=O)c1ccc(S(=O)(=O)N2CCN(Cc3nc4ccccc4s3)CC2)cc1. The van der Waals surface area contributed by atoms with Crippen LogP contribution >= 0.6 is 11.3 Å². The number of carbonyl (C=O) groups is 1. The van der Waals surface area contributed by atoms with E-state index in [-0.39, 0.29) is 10.7 Å². The Morgan fingerprint density at radius 3 is 2.36 bits per heavy atom. The van der Waals surface area contributed by atoms with Crippen molar-refractivity contribution in [3.8, 4) is 0 Å². The Hall–Kier alpha value is -2.13. The van der Waals surface area contributed by atoms with Crippen molar-refractivity contribution < 1.29 is 13.2 Å². The summed E-state index contributed by atoms with van der Waals surface area (Å²) >= 11 is 1.69. The number of rotatable bonds is 5. The molecule has 1 aliphatic heterocycles. The molecule has 0 unspecified atom stereocenters. The lowest BCUT2D eigenvalue weighted by Crippen LogP contribution is -2.48. The molecule has 1 aromatic heterocycles. The molecular formula is C20H21N3O3S2. The molecule has 2 aromatic carbocycles. The highest BCUT2D eigenvalue weighted by Gasteiger charge is 2.28. The van der Waals surface area contributed by atoms with E-state index in [1.54, 1.807) is 23.5 Å². The lowest BCUT2D eigenvalue weighted by Gasteiger charge is -2.33. The molecule has 8 heteroatoms. The first-order chi connectivity index (χ1) is 13.4. The highest BCUT2D eigenvalue weighted by Crippen LogP contribution is 2.24. The third-order valence-electron chi connectivity index (χ3n) is 4.93. The number of Topliss-reactive ketones (excluding diaryl/α,β-unsaturated/α-hetero) is 1. The maximum Gasteiger partial charge on any atom is 0.243 e. The van der Waals surface area contributed by atoms with E-state index in [4.69, 9.17) is 0 Å². The van der Waals surface area contributed by atoms with Crippen molar-refractivity contribution in [3.63, 3.8) is 0 Å². The summed E-state index contributed by atoms with van der Waals surface area (Å²) in [7, 11) is -3.54. The zero-order chi connectivity index (χ0) is 19.7. The normalized spacial score (nSPS) is 16.5. The van der Waals surface area contributed by atoms with Crippen molar-refractivity contribution >= 4 is 37.4 Å². The van der Waals surface area contributed by atoms with Crippen molar-refractivity contribution in [1.29, 1.82) is 0 Å². The first-order valence-corrected chi connectivity index (χ1v) is 11.4. The number of benzene rings is 2. The lowest BCUT2D eigenvalue weighted by atomic mass is 10.2. The largest absolute Gasteiger partial charge is 0.295 e. The topological polar surface area (TPSA) is 70.6 Å². The number of fused-ring (bicyclic) bond motifs is 1. The Labute approximate surface area is 168 Å². The molecule has 0 aliphatic carbocycles. The van der Waals surface area contributed by atoms with Gasteiger partial charge in [-0.25, -0.2) is 13.4 Å². The Bertz CT molecular complexity index is 1070. The molecule has 3 aromatic rings. The van der Waals surface area contributed by atoms with Gasteiger partial charge in [-0.1, -0.05) is 24.3 Å². The van der Waals surface area contributed by atoms with Crippen LogP contribution in [0.15, 0.2) is 53.4 Å². The van der Waals surface area contributed by atoms with Crippen LogP contribution in [-0.2, 0) is 16.6 Å². The minimum atomic E-state index is -3.54. The highest BCUT2D eigenvalue weighted by atomic mass is 32.2. The molecule has 1 aliphatic rings. The molecule has 0 spiro atoms. The fourth-order valence-electron chi connectivity index (χ4n) is 3.32. The van der Waals surface area contributed by atoms with Gasteiger partial charge in [0.15, 0.2) is 5.78 Å². The average molecular weight is 416 g/mol. The summed E-state index contributed by atoms with van der Waals surface area (Å²) in [6, 6.07) is 14.2. The maximum absolute atomic E-state index is 12.9. The van der Waals surface area contributed by atoms with Gasteiger partial charge in [-0.2, -0.15) is 4.31 Å². The van der Waals surface area contributed by atoms with Gasteiger partial charge in [-0.05, 0) is 31.2 Å². The minimum absolute atomic E-state index is 0.0765. The Morgan fingerprint density at radius 2 is 1.71 bits per heavy atom. The second-order valence-electron chi connectivity index (χ2n) is 6.84. The van der Waals surface area contributed by atoms with Gasteiger partial charge in [0.05, 0.1) is 21.7 Å². The Balaban J connectivity index is 1.40. The molecule has 0 saturated carbocycles. The smallest absolute Gasteiger partial charge is 0.243 e. The number of thiazole rings is 1. The first-order valence-electron chi connectivity index (χ1n) is 9.11. The van der Waals surface area contributed by atoms with Crippen molar-refractivity contribution in [2.45, 2.75) is 18.4 Å². The molecule has 2 heterocycles. The number of ketones is 1. The van der Waals surface area contributed by atoms with Crippen LogP contribution in [0.25, 0.3) is 10.2 Å². The molecule has 0 amide bonds. The summed E-state index contributed by atoms with van der Waals surface area (Å²) in [6.07, 6.45) is 0. The average Bonchev–Trinajstić information content (AvgIpc) is 3.10. The van der Waals surface area contributed by atoms with E-state index in [0.29, 0.717) is 31.7 Å². The van der Waals surface area contributed by atoms with Crippen LogP contribution in [0.1, 0.15) is 22.3 Å². The van der Waals surface area contributed by atoms with Crippen molar-refractivity contribution in [3.05, 3.63) is 59.1 Å². The third kappa shape index (κ3) is 3.86. The molecule has 0 radical (unpaired) electrons. The Morgan fingerprint density at radius 1 is 1.04 bits per heavy atom. The predicted octanol–water partition coefficient (Wildman–Crippen LogP) is 3.01. The molecule has 6 nitrogen and oxygen atoms in total. The van der Waals surface area contributed by atoms with Crippen molar-refractivity contribution in [2.24, 2.45) is 0 Å². The Kier molecular flexibility index (Phi) is 5.29. The van der Waals surface area contributed by atoms with Gasteiger partial charge in [0, 0.05) is 31.7 Å². The monoisotopic (exact) mass is 415 g/mol. The number of hydrogen-bond donors (Lipinski definition) is 0. The van der Waals surface area contributed by atoms with Crippen LogP contribution in [-0.4, -0.2) is 54.6 Å². The second kappa shape index (κ2) is 7.71. The van der Waals surface area contributed by atoms with Gasteiger partial charge in [0.25, 0.3) is 0 Å². The number of aromatic nitrogens is 1. The molecular weight excluding hydrogens is 394 g/mol. The van der Waals surface area contributed by atoms with Gasteiger partial charge < -0.3 is 0 Å². The third-order valence-corrected chi connectivity index (χ3v) is 7.86. The highest BCUT2D eigenvalue weighted by molar-refractivity contribution is 7.89. The summed E-state index contributed by atoms with van der Waals surface area (Å²) in [5.41, 5.74) is 1.53. The van der Waals surface area contributed by atoms with Crippen LogP contribution in [0.2, 0.25) is 0 Å². The van der Waals surface area contributed by atoms with E-state index in [2.05, 4.69) is 16.0 Å². The molecule has 1 saturated heterocycles. The molecule has 0 N–H and O–H groups in total. The number of para-hydroxylation sites is 1. The van der Waals surface area contributed by atoms with Crippen LogP contribution in [0.3, 0.4) is 0 Å². The van der Waals surface area contributed by atoms with E-state index >= 15 is 0 Å². The van der Waals surface area contributed by atoms with Gasteiger partial charge in [0.1, 0.15) is 5.01 Å². The van der Waals surface area contributed by atoms with E-state index in [1.807, 2.05) is 18.2 Å². The fraction of sp³-hybridized carbons (Fsp3) is 0.300. The quantitative estimate of drug-likeness (QED) is 0.599. The zero-order valence-electron chi connectivity index (χ0n) is 15.5. The summed E-state index contributed by atoms with van der Waals surface area (Å²) in [4.78, 5) is 18.5. The van der Waals surface area contributed by atoms with Crippen molar-refractivity contribution in [1.82, 2.24) is 14.2 Å². The molecule has 1 fully saturated rings. The van der Waals surface area contributed by atoms with Crippen LogP contribution in [0.4, 0.5) is 0 Å². The van der Waals surface area contributed by atoms with Gasteiger partial charge >= 0.3 is 0 Å². The van der Waals surface area contributed by atoms with E-state index in [0.717, 1.165) is 17.1 Å². The molecule has 0 bridgehead atoms. The van der Waals surface area contributed by atoms with Crippen LogP contribution in [0, 0.1) is 0 Å². The summed E-state index contributed by atoms with van der Waals surface area (Å²) < 4.78 is 28.4. The number of hydrogen-bond acceptors (Lipinski definition) is 6. The zero-order valence-corrected chi connectivity index (χ0v) is 17.2. The second-order valence-corrected chi connectivity index (χ2v) is 9.89. The van der Waals surface area contributed by atoms with Gasteiger partial charge in [-0.15, -0.1) is 11.3 Å². The molecule has 146 valence electrons. The summed E-state index contributed by atoms with van der Waals surface area (Å²) in [5, 5.41) is 1.05. The lowest BCUT2D eigenvalue weighted by molar-refractivity contribution is 0.101. The maximum atomic E-state index is 12.9. The number of sulfonamides is 1. The van der Waals surface area contributed by atoms with Crippen LogP contribution in [0.5, 0.6) is 0 Å². The molecule has 4 rings (SSSR count).